The minimum absolute atomic E-state index is 0.0805. The molecule has 1 aliphatic carbocycles. The Kier molecular flexibility index (Phi) is 55.8. The minimum atomic E-state index is -4.46. The fourth-order valence-corrected chi connectivity index (χ4v) is 14.1. The molecule has 97 heavy (non-hydrogen) atoms. The van der Waals surface area contributed by atoms with E-state index in [4.69, 9.17) is 51.5 Å². The van der Waals surface area contributed by atoms with Crippen LogP contribution in [0.1, 0.15) is 291 Å². The number of ether oxygens (including phenoxy) is 8. The summed E-state index contributed by atoms with van der Waals surface area (Å²) in [6.07, 6.45) is 38.3. The molecule has 2 aliphatic rings. The van der Waals surface area contributed by atoms with Gasteiger partial charge in [0.1, 0.15) is 49.0 Å². The first-order valence-corrected chi connectivity index (χ1v) is 39.9. The molecule has 19 nitrogen and oxygen atoms in total. The number of rotatable bonds is 66. The maximum Gasteiger partial charge on any atom is 0.508 e. The van der Waals surface area contributed by atoms with Gasteiger partial charge >= 0.3 is 14.0 Å². The van der Waals surface area contributed by atoms with E-state index in [0.29, 0.717) is 25.7 Å². The molecule has 0 aromatic rings. The fraction of sp³-hybridized carbons (Fsp3) is 0.844. The van der Waals surface area contributed by atoms with Crippen molar-refractivity contribution in [2.45, 2.75) is 352 Å². The van der Waals surface area contributed by atoms with Gasteiger partial charge in [0.25, 0.3) is 0 Å². The van der Waals surface area contributed by atoms with Gasteiger partial charge < -0.3 is 53.6 Å². The highest BCUT2D eigenvalue weighted by Crippen LogP contribution is 2.53. The van der Waals surface area contributed by atoms with Crippen LogP contribution in [0.4, 0.5) is 4.79 Å². The third-order valence-corrected chi connectivity index (χ3v) is 19.7. The highest BCUT2D eigenvalue weighted by molar-refractivity contribution is 7.48. The number of phosphoric acid groups is 1. The van der Waals surface area contributed by atoms with Crippen LogP contribution in [0, 0.1) is 5.92 Å². The van der Waals surface area contributed by atoms with Crippen LogP contribution in [-0.2, 0) is 70.4 Å². The van der Waals surface area contributed by atoms with Gasteiger partial charge in [-0.3, -0.25) is 28.0 Å². The molecule has 0 aromatic heterocycles. The number of aliphatic hydroxyl groups excluding tert-OH is 1. The van der Waals surface area contributed by atoms with Crippen LogP contribution in [0.15, 0.2) is 50.1 Å². The zero-order valence-corrected chi connectivity index (χ0v) is 62.6. The molecule has 0 radical (unpaired) electrons. The largest absolute Gasteiger partial charge is 0.508 e. The van der Waals surface area contributed by atoms with E-state index in [2.05, 4.69) is 70.2 Å². The number of allylic oxidation sites excluding steroid dienone is 2. The molecule has 1 aliphatic heterocycles. The summed E-state index contributed by atoms with van der Waals surface area (Å²) < 4.78 is 83.4. The van der Waals surface area contributed by atoms with Gasteiger partial charge in [0, 0.05) is 46.2 Å². The molecule has 20 heteroatoms. The Labute approximate surface area is 588 Å². The maximum atomic E-state index is 14.7. The van der Waals surface area contributed by atoms with Crippen LogP contribution in [0.2, 0.25) is 0 Å². The quantitative estimate of drug-likeness (QED) is 0.0169. The number of phosphoric ester groups is 1. The lowest BCUT2D eigenvalue weighted by Crippen LogP contribution is -2.67. The topological polar surface area (TPSA) is 231 Å². The van der Waals surface area contributed by atoms with Gasteiger partial charge in [0.15, 0.2) is 6.29 Å². The highest BCUT2D eigenvalue weighted by Gasteiger charge is 2.54. The smallest absolute Gasteiger partial charge is 0.430 e. The van der Waals surface area contributed by atoms with E-state index in [-0.39, 0.29) is 89.7 Å². The number of methoxy groups -OCH3 is 2. The summed E-state index contributed by atoms with van der Waals surface area (Å²) in [4.78, 5) is 55.6. The van der Waals surface area contributed by atoms with Crippen molar-refractivity contribution >= 4 is 31.6 Å². The van der Waals surface area contributed by atoms with Gasteiger partial charge in [-0.25, -0.2) is 9.36 Å². The number of unbranched alkanes of at least 4 members (excludes halogenated alkanes) is 30. The van der Waals surface area contributed by atoms with Crippen molar-refractivity contribution in [3.05, 3.63) is 50.1 Å². The zero-order valence-electron chi connectivity index (χ0n) is 61.7. The van der Waals surface area contributed by atoms with Gasteiger partial charge in [-0.15, -0.1) is 13.2 Å². The van der Waals surface area contributed by atoms with Crippen LogP contribution in [-0.4, -0.2) is 150 Å². The molecule has 1 saturated carbocycles. The van der Waals surface area contributed by atoms with Gasteiger partial charge in [-0.2, -0.15) is 0 Å². The molecule has 2 amide bonds. The molecular formula is C77H139N2O17P. The summed E-state index contributed by atoms with van der Waals surface area (Å²) >= 11 is 0. The number of hydrogen-bond donors (Lipinski definition) is 3. The molecule has 2 rings (SSSR count). The van der Waals surface area contributed by atoms with Crippen LogP contribution in [0.25, 0.3) is 0 Å². The van der Waals surface area contributed by atoms with Crippen molar-refractivity contribution in [1.29, 1.82) is 0 Å². The lowest BCUT2D eigenvalue weighted by atomic mass is 9.79. The van der Waals surface area contributed by atoms with Gasteiger partial charge in [0.05, 0.1) is 51.1 Å². The van der Waals surface area contributed by atoms with Crippen molar-refractivity contribution in [3.63, 3.8) is 0 Å². The average Bonchev–Trinajstić information content (AvgIpc) is 0.788. The van der Waals surface area contributed by atoms with Crippen molar-refractivity contribution in [2.24, 2.45) is 5.92 Å². The van der Waals surface area contributed by atoms with E-state index in [1.54, 1.807) is 7.11 Å². The second kappa shape index (κ2) is 60.3. The van der Waals surface area contributed by atoms with Crippen molar-refractivity contribution in [2.75, 3.05) is 60.5 Å². The number of amides is 2. The number of Topliss-reactive ketones (excluding diaryl/α,β-unsaturated/α-hetero) is 1. The Hall–Kier alpha value is -3.33. The van der Waals surface area contributed by atoms with Crippen molar-refractivity contribution in [3.8, 4) is 0 Å². The summed E-state index contributed by atoms with van der Waals surface area (Å²) in [6, 6.07) is -2.26. The lowest BCUT2D eigenvalue weighted by molar-refractivity contribution is -0.282. The SMILES string of the molecule is C=CCOC(=O)O[C@@H]1C(CO[C@@H]2O[C@H](COC)[C@@H](OP(=O)(OCC=C)OCC=C)[C@H](OCC[C@@H](CCCCCCC)OC)[C@H]2NC(=O)CCCCCCCCC/C=C\CCCCCC)CC(O)[C@H](NC(=O)CC(=O)CCCCCCCCCCC)[C@H]1OCCCCCCCCCC. The first-order valence-electron chi connectivity index (χ1n) is 38.5. The number of carbonyl (C=O) groups excluding carboxylic acids is 4. The Morgan fingerprint density at radius 1 is 0.536 bits per heavy atom. The van der Waals surface area contributed by atoms with Crippen LogP contribution in [0.5, 0.6) is 0 Å². The van der Waals surface area contributed by atoms with E-state index in [1.165, 1.54) is 96.0 Å². The summed E-state index contributed by atoms with van der Waals surface area (Å²) in [6.45, 7) is 19.4. The van der Waals surface area contributed by atoms with Crippen molar-refractivity contribution < 1.29 is 80.3 Å². The molecule has 1 heterocycles. The maximum absolute atomic E-state index is 14.7. The summed E-state index contributed by atoms with van der Waals surface area (Å²) in [5.41, 5.74) is 0. The van der Waals surface area contributed by atoms with Gasteiger partial charge in [-0.05, 0) is 64.2 Å². The van der Waals surface area contributed by atoms with E-state index in [1.807, 2.05) is 0 Å². The molecule has 564 valence electrons. The summed E-state index contributed by atoms with van der Waals surface area (Å²) in [7, 11) is -1.30. The normalized spacial score (nSPS) is 21.5. The third kappa shape index (κ3) is 42.6. The second-order valence-corrected chi connectivity index (χ2v) is 28.4. The average molecular weight is 1400 g/mol. The second-order valence-electron chi connectivity index (χ2n) is 26.8. The summed E-state index contributed by atoms with van der Waals surface area (Å²) in [5.74, 6) is -1.93. The predicted octanol–water partition coefficient (Wildman–Crippen LogP) is 17.9. The Morgan fingerprint density at radius 3 is 1.57 bits per heavy atom. The molecule has 11 atom stereocenters. The predicted molar refractivity (Wildman–Crippen MR) is 387 cm³/mol. The zero-order chi connectivity index (χ0) is 70.8. The lowest BCUT2D eigenvalue weighted by Gasteiger charge is -2.48. The standard InChI is InChI=1S/C77H139N2O17P/c1-10-17-21-25-28-31-32-33-34-35-36-38-40-44-48-52-68(82)78-71-75(89-58-53-65(87-9)51-47-42-24-20-13-4)73(96-97(85,92-55-15-6)93-56-16-7)67(62-86-8)94-76(71)91-61-63-59-66(81)70(79-69(83)60-64(80)50-46-43-39-37-29-26-22-18-11-2)74(72(63)95-77(84)90-54-14-5)88-57-49-45-41-30-27-23-19-12-3/h14-16,31-32,63,65-67,70-76,81H,5-7,10-13,17-30,33-62H2,1-4,8-9H3,(H,78,82)(H,79,83)/b32-31-/t63?,65-,66?,67-,70+,71-,72-,73-,74-,75-,76-/m1/s1. The molecule has 0 aromatic carbocycles. The molecule has 0 bridgehead atoms. The first kappa shape index (κ1) is 89.8. The number of aliphatic hydroxyl groups is 1. The summed E-state index contributed by atoms with van der Waals surface area (Å²) in [5, 5.41) is 18.4. The van der Waals surface area contributed by atoms with Crippen molar-refractivity contribution in [1.82, 2.24) is 10.6 Å². The van der Waals surface area contributed by atoms with E-state index in [9.17, 15) is 28.8 Å². The number of nitrogens with one attached hydrogen (secondary N) is 2. The van der Waals surface area contributed by atoms with E-state index in [0.717, 1.165) is 141 Å². The Bertz CT molecular complexity index is 2070. The van der Waals surface area contributed by atoms with Crippen LogP contribution < -0.4 is 10.6 Å². The van der Waals surface area contributed by atoms with Gasteiger partial charge in [0.2, 0.25) is 11.8 Å². The van der Waals surface area contributed by atoms with E-state index < -0.39 is 80.8 Å². The Morgan fingerprint density at radius 2 is 1.02 bits per heavy atom. The van der Waals surface area contributed by atoms with Crippen LogP contribution >= 0.6 is 7.82 Å². The first-order chi connectivity index (χ1) is 47.3. The van der Waals surface area contributed by atoms with Gasteiger partial charge in [-0.1, -0.05) is 244 Å². The molecule has 1 saturated heterocycles. The monoisotopic (exact) mass is 1390 g/mol. The number of carbonyl (C=O) groups is 4. The Balaban J connectivity index is 2.65. The molecule has 2 unspecified atom stereocenters. The fourth-order valence-electron chi connectivity index (χ4n) is 12.7. The number of hydrogen-bond acceptors (Lipinski definition) is 17. The minimum Gasteiger partial charge on any atom is -0.430 e. The molecule has 2 fully saturated rings. The van der Waals surface area contributed by atoms with Crippen LogP contribution in [0.3, 0.4) is 0 Å². The molecule has 0 spiro atoms. The molecule has 3 N–H and O–H groups in total. The highest BCUT2D eigenvalue weighted by atomic mass is 31.2. The number of ketones is 1. The van der Waals surface area contributed by atoms with E-state index >= 15 is 0 Å². The third-order valence-electron chi connectivity index (χ3n) is 18.3. The molecular weight excluding hydrogens is 1260 g/mol.